The van der Waals surface area contributed by atoms with Gasteiger partial charge in [-0.15, -0.1) is 0 Å². The lowest BCUT2D eigenvalue weighted by atomic mass is 10.1. The van der Waals surface area contributed by atoms with Crippen LogP contribution in [0.3, 0.4) is 0 Å². The van der Waals surface area contributed by atoms with Gasteiger partial charge in [-0.05, 0) is 56.5 Å². The molecule has 2 fully saturated rings. The Morgan fingerprint density at radius 1 is 1.14 bits per heavy atom. The van der Waals surface area contributed by atoms with E-state index in [2.05, 4.69) is 33.0 Å². The summed E-state index contributed by atoms with van der Waals surface area (Å²) in [6.45, 7) is 2.86. The van der Waals surface area contributed by atoms with Crippen LogP contribution in [-0.2, 0) is 11.3 Å². The van der Waals surface area contributed by atoms with Gasteiger partial charge >= 0.3 is 0 Å². The van der Waals surface area contributed by atoms with Crippen LogP contribution in [-0.4, -0.2) is 41.3 Å². The van der Waals surface area contributed by atoms with Crippen molar-refractivity contribution in [2.24, 2.45) is 0 Å². The van der Waals surface area contributed by atoms with Gasteiger partial charge in [0.15, 0.2) is 0 Å². The van der Waals surface area contributed by atoms with Crippen LogP contribution in [0.15, 0.2) is 28.7 Å². The molecule has 3 rings (SSSR count). The molecule has 1 heterocycles. The molecule has 3 nitrogen and oxygen atoms in total. The summed E-state index contributed by atoms with van der Waals surface area (Å²) in [4.78, 5) is 2.50. The Kier molecular flexibility index (Phi) is 5.91. The van der Waals surface area contributed by atoms with Crippen molar-refractivity contribution in [1.82, 2.24) is 4.90 Å². The van der Waals surface area contributed by atoms with Crippen LogP contribution in [0, 0.1) is 0 Å². The van der Waals surface area contributed by atoms with Crippen LogP contribution in [0.4, 0.5) is 0 Å². The van der Waals surface area contributed by atoms with Crippen LogP contribution >= 0.6 is 15.9 Å². The maximum Gasteiger partial charge on any atom is 0.0956 e. The number of aliphatic hydroxyl groups excluding tert-OH is 1. The van der Waals surface area contributed by atoms with Crippen molar-refractivity contribution >= 4 is 15.9 Å². The highest BCUT2D eigenvalue weighted by Gasteiger charge is 2.38. The number of hydrogen-bond donors (Lipinski definition) is 1. The van der Waals surface area contributed by atoms with Gasteiger partial charge in [-0.1, -0.05) is 40.9 Å². The Labute approximate surface area is 141 Å². The second kappa shape index (κ2) is 7.91. The first-order chi connectivity index (χ1) is 10.7. The molecule has 1 aliphatic heterocycles. The molecule has 0 radical (unpaired) electrons. The first-order valence-corrected chi connectivity index (χ1v) is 9.31. The molecule has 2 aliphatic rings. The van der Waals surface area contributed by atoms with E-state index < -0.39 is 0 Å². The molecule has 0 unspecified atom stereocenters. The Morgan fingerprint density at radius 3 is 2.64 bits per heavy atom. The topological polar surface area (TPSA) is 32.7 Å². The van der Waals surface area contributed by atoms with Gasteiger partial charge in [-0.2, -0.15) is 0 Å². The highest BCUT2D eigenvalue weighted by atomic mass is 79.9. The number of nitrogens with zero attached hydrogens (tertiary/aromatic N) is 1. The molecular weight excluding hydrogens is 342 g/mol. The third kappa shape index (κ3) is 4.10. The van der Waals surface area contributed by atoms with E-state index >= 15 is 0 Å². The number of benzene rings is 1. The lowest BCUT2D eigenvalue weighted by Crippen LogP contribution is -2.44. The summed E-state index contributed by atoms with van der Waals surface area (Å²) in [5.74, 6) is 0. The molecule has 0 amide bonds. The zero-order chi connectivity index (χ0) is 15.4. The molecule has 0 spiro atoms. The zero-order valence-corrected chi connectivity index (χ0v) is 14.7. The number of halogens is 1. The lowest BCUT2D eigenvalue weighted by Gasteiger charge is -2.30. The number of ether oxygens (including phenoxy) is 1. The summed E-state index contributed by atoms with van der Waals surface area (Å²) in [6, 6.07) is 8.48. The molecule has 1 aromatic rings. The van der Waals surface area contributed by atoms with Crippen LogP contribution in [0.25, 0.3) is 0 Å². The minimum atomic E-state index is -0.342. The molecule has 1 N–H and O–H groups in total. The van der Waals surface area contributed by atoms with E-state index in [-0.39, 0.29) is 12.2 Å². The van der Waals surface area contributed by atoms with Crippen LogP contribution < -0.4 is 0 Å². The quantitative estimate of drug-likeness (QED) is 0.879. The average molecular weight is 368 g/mol. The van der Waals surface area contributed by atoms with Gasteiger partial charge in [0.1, 0.15) is 0 Å². The summed E-state index contributed by atoms with van der Waals surface area (Å²) in [5, 5.41) is 10.6. The first-order valence-electron chi connectivity index (χ1n) is 8.52. The predicted octanol–water partition coefficient (Wildman–Crippen LogP) is 3.73. The van der Waals surface area contributed by atoms with Gasteiger partial charge in [0.25, 0.3) is 0 Å². The van der Waals surface area contributed by atoms with Gasteiger partial charge in [-0.25, -0.2) is 0 Å². The van der Waals surface area contributed by atoms with Gasteiger partial charge in [0, 0.05) is 10.5 Å². The minimum absolute atomic E-state index is 0.0211. The molecule has 1 saturated carbocycles. The van der Waals surface area contributed by atoms with Gasteiger partial charge in [0.2, 0.25) is 0 Å². The van der Waals surface area contributed by atoms with Crippen molar-refractivity contribution in [2.45, 2.75) is 63.4 Å². The Hall–Kier alpha value is -0.420. The summed E-state index contributed by atoms with van der Waals surface area (Å²) >= 11 is 3.48. The maximum absolute atomic E-state index is 10.6. The molecular formula is C18H26BrNO2. The van der Waals surface area contributed by atoms with Crippen molar-refractivity contribution in [2.75, 3.05) is 13.1 Å². The van der Waals surface area contributed by atoms with E-state index in [4.69, 9.17) is 4.74 Å². The van der Waals surface area contributed by atoms with Crippen LogP contribution in [0.5, 0.6) is 0 Å². The van der Waals surface area contributed by atoms with Crippen molar-refractivity contribution in [1.29, 1.82) is 0 Å². The van der Waals surface area contributed by atoms with Crippen molar-refractivity contribution < 1.29 is 9.84 Å². The smallest absolute Gasteiger partial charge is 0.0956 e. The number of aliphatic hydroxyl groups is 1. The second-order valence-electron chi connectivity index (χ2n) is 6.56. The third-order valence-electron chi connectivity index (χ3n) is 4.98. The first kappa shape index (κ1) is 16.4. The SMILES string of the molecule is O[C@@H]1[C@@H](OCc2cccc(Br)c2)CC[C@H]1N1CCCCCC1. The van der Waals surface area contributed by atoms with Gasteiger partial charge in [-0.3, -0.25) is 4.90 Å². The number of rotatable bonds is 4. The van der Waals surface area contributed by atoms with Crippen LogP contribution in [0.1, 0.15) is 44.1 Å². The van der Waals surface area contributed by atoms with Gasteiger partial charge in [0.05, 0.1) is 18.8 Å². The van der Waals surface area contributed by atoms with E-state index in [0.29, 0.717) is 12.6 Å². The highest BCUT2D eigenvalue weighted by molar-refractivity contribution is 9.10. The lowest BCUT2D eigenvalue weighted by molar-refractivity contribution is -0.0493. The largest absolute Gasteiger partial charge is 0.389 e. The molecule has 3 atom stereocenters. The molecule has 1 saturated heterocycles. The highest BCUT2D eigenvalue weighted by Crippen LogP contribution is 2.29. The molecule has 1 aliphatic carbocycles. The summed E-state index contributed by atoms with van der Waals surface area (Å²) in [5.41, 5.74) is 1.15. The van der Waals surface area contributed by atoms with Crippen molar-refractivity contribution in [3.63, 3.8) is 0 Å². The van der Waals surface area contributed by atoms with Gasteiger partial charge < -0.3 is 9.84 Å². The van der Waals surface area contributed by atoms with E-state index in [0.717, 1.165) is 36.0 Å². The zero-order valence-electron chi connectivity index (χ0n) is 13.1. The minimum Gasteiger partial charge on any atom is -0.389 e. The fourth-order valence-corrected chi connectivity index (χ4v) is 4.21. The molecule has 1 aromatic carbocycles. The van der Waals surface area contributed by atoms with Crippen LogP contribution in [0.2, 0.25) is 0 Å². The third-order valence-corrected chi connectivity index (χ3v) is 5.48. The summed E-state index contributed by atoms with van der Waals surface area (Å²) < 4.78 is 7.08. The molecule has 0 bridgehead atoms. The Morgan fingerprint density at radius 2 is 1.91 bits per heavy atom. The average Bonchev–Trinajstić information content (AvgIpc) is 2.73. The fourth-order valence-electron chi connectivity index (χ4n) is 3.76. The van der Waals surface area contributed by atoms with E-state index in [1.807, 2.05) is 12.1 Å². The van der Waals surface area contributed by atoms with E-state index in [9.17, 15) is 5.11 Å². The number of likely N-dealkylation sites (tertiary alicyclic amines) is 1. The van der Waals surface area contributed by atoms with E-state index in [1.54, 1.807) is 0 Å². The monoisotopic (exact) mass is 367 g/mol. The molecule has 4 heteroatoms. The Balaban J connectivity index is 1.53. The summed E-state index contributed by atoms with van der Waals surface area (Å²) in [7, 11) is 0. The normalized spacial score (nSPS) is 30.4. The maximum atomic E-state index is 10.6. The van der Waals surface area contributed by atoms with Crippen molar-refractivity contribution in [3.8, 4) is 0 Å². The fraction of sp³-hybridized carbons (Fsp3) is 0.667. The summed E-state index contributed by atoms with van der Waals surface area (Å²) in [6.07, 6.45) is 6.88. The predicted molar refractivity (Wildman–Crippen MR) is 91.8 cm³/mol. The second-order valence-corrected chi connectivity index (χ2v) is 7.48. The molecule has 0 aromatic heterocycles. The standard InChI is InChI=1S/C18H26BrNO2/c19-15-7-5-6-14(12-15)13-22-17-9-8-16(18(17)21)20-10-3-1-2-4-11-20/h5-7,12,16-18,21H,1-4,8-11,13H2/t16-,17+,18+/m1/s1. The molecule has 122 valence electrons. The van der Waals surface area contributed by atoms with Crippen molar-refractivity contribution in [3.05, 3.63) is 34.3 Å². The number of hydrogen-bond acceptors (Lipinski definition) is 3. The Bertz CT molecular complexity index is 474. The van der Waals surface area contributed by atoms with E-state index in [1.165, 1.54) is 25.7 Å². The molecule has 22 heavy (non-hydrogen) atoms.